The Hall–Kier alpha value is -8.92. The van der Waals surface area contributed by atoms with Gasteiger partial charge >= 0.3 is 0 Å². The van der Waals surface area contributed by atoms with Gasteiger partial charge in [0.15, 0.2) is 5.58 Å². The number of benzene rings is 11. The van der Waals surface area contributed by atoms with Gasteiger partial charge in [-0.2, -0.15) is 0 Å². The van der Waals surface area contributed by atoms with E-state index in [-0.39, 0.29) is 0 Å². The molecule has 2 aromatic heterocycles. The molecule has 0 aliphatic heterocycles. The molecular formula is C64H42N2O. The molecule has 3 heteroatoms. The quantitative estimate of drug-likeness (QED) is 0.152. The van der Waals surface area contributed by atoms with E-state index in [0.717, 1.165) is 66.8 Å². The van der Waals surface area contributed by atoms with Crippen LogP contribution in [-0.4, -0.2) is 4.57 Å². The van der Waals surface area contributed by atoms with E-state index in [1.807, 2.05) is 6.07 Å². The van der Waals surface area contributed by atoms with Crippen LogP contribution in [0.2, 0.25) is 0 Å². The summed E-state index contributed by atoms with van der Waals surface area (Å²) in [7, 11) is 0. The average molecular weight is 855 g/mol. The van der Waals surface area contributed by atoms with Gasteiger partial charge in [0.25, 0.3) is 0 Å². The van der Waals surface area contributed by atoms with E-state index >= 15 is 0 Å². The summed E-state index contributed by atoms with van der Waals surface area (Å²) in [6, 6.07) is 91.7. The summed E-state index contributed by atoms with van der Waals surface area (Å²) in [6.45, 7) is 0. The van der Waals surface area contributed by atoms with Crippen molar-refractivity contribution in [3.8, 4) is 50.2 Å². The molecule has 0 saturated carbocycles. The van der Waals surface area contributed by atoms with Gasteiger partial charge < -0.3 is 13.9 Å². The number of hydrogen-bond donors (Lipinski definition) is 0. The van der Waals surface area contributed by atoms with Crippen molar-refractivity contribution >= 4 is 71.6 Å². The molecule has 314 valence electrons. The molecule has 0 atom stereocenters. The largest absolute Gasteiger partial charge is 0.454 e. The normalized spacial score (nSPS) is 11.6. The van der Waals surface area contributed by atoms with Crippen LogP contribution in [-0.2, 0) is 0 Å². The molecule has 0 unspecified atom stereocenters. The van der Waals surface area contributed by atoms with Crippen molar-refractivity contribution in [2.75, 3.05) is 4.90 Å². The van der Waals surface area contributed by atoms with Crippen LogP contribution in [0.3, 0.4) is 0 Å². The van der Waals surface area contributed by atoms with Gasteiger partial charge in [-0.1, -0.05) is 194 Å². The maximum atomic E-state index is 6.81. The number of nitrogens with zero attached hydrogens (tertiary/aromatic N) is 2. The third-order valence-electron chi connectivity index (χ3n) is 13.4. The number of rotatable bonds is 8. The fraction of sp³-hybridized carbons (Fsp3) is 0. The third kappa shape index (κ3) is 6.67. The fourth-order valence-electron chi connectivity index (χ4n) is 10.1. The average Bonchev–Trinajstić information content (AvgIpc) is 3.97. The maximum absolute atomic E-state index is 6.81. The van der Waals surface area contributed by atoms with Crippen molar-refractivity contribution in [3.05, 3.63) is 255 Å². The Morgan fingerprint density at radius 1 is 0.313 bits per heavy atom. The van der Waals surface area contributed by atoms with Crippen molar-refractivity contribution in [2.45, 2.75) is 0 Å². The van der Waals surface area contributed by atoms with Gasteiger partial charge in [0.05, 0.1) is 16.7 Å². The molecule has 11 aromatic carbocycles. The number of fused-ring (bicyclic) bond motifs is 8. The lowest BCUT2D eigenvalue weighted by molar-refractivity contribution is 0.669. The molecule has 0 radical (unpaired) electrons. The second kappa shape index (κ2) is 16.0. The predicted octanol–water partition coefficient (Wildman–Crippen LogP) is 18.0. The Kier molecular flexibility index (Phi) is 9.17. The molecule has 3 nitrogen and oxygen atoms in total. The monoisotopic (exact) mass is 854 g/mol. The molecule has 0 bridgehead atoms. The number of anilines is 3. The molecule has 0 fully saturated rings. The summed E-state index contributed by atoms with van der Waals surface area (Å²) < 4.78 is 9.18. The van der Waals surface area contributed by atoms with Crippen molar-refractivity contribution in [1.82, 2.24) is 4.57 Å². The smallest absolute Gasteiger partial charge is 0.160 e. The molecule has 13 rings (SSSR count). The molecule has 0 aliphatic rings. The lowest BCUT2D eigenvalue weighted by Crippen LogP contribution is -2.10. The lowest BCUT2D eigenvalue weighted by atomic mass is 9.99. The highest BCUT2D eigenvalue weighted by molar-refractivity contribution is 6.23. The summed E-state index contributed by atoms with van der Waals surface area (Å²) in [4.78, 5) is 2.34. The molecule has 2 heterocycles. The lowest BCUT2D eigenvalue weighted by Gasteiger charge is -2.26. The first-order valence-corrected chi connectivity index (χ1v) is 22.9. The van der Waals surface area contributed by atoms with Gasteiger partial charge in [-0.3, -0.25) is 0 Å². The van der Waals surface area contributed by atoms with Gasteiger partial charge in [-0.25, -0.2) is 0 Å². The second-order valence-electron chi connectivity index (χ2n) is 17.3. The highest BCUT2D eigenvalue weighted by Gasteiger charge is 2.22. The van der Waals surface area contributed by atoms with Crippen LogP contribution in [0.5, 0.6) is 0 Å². The summed E-state index contributed by atoms with van der Waals surface area (Å²) in [5.41, 5.74) is 17.8. The first kappa shape index (κ1) is 38.5. The van der Waals surface area contributed by atoms with Gasteiger partial charge in [0, 0.05) is 38.6 Å². The summed E-state index contributed by atoms with van der Waals surface area (Å²) >= 11 is 0. The number of furan rings is 1. The molecule has 0 saturated heterocycles. The van der Waals surface area contributed by atoms with Crippen LogP contribution in [0.4, 0.5) is 17.1 Å². The number of aromatic nitrogens is 1. The molecule has 0 N–H and O–H groups in total. The van der Waals surface area contributed by atoms with Crippen LogP contribution >= 0.6 is 0 Å². The first-order chi connectivity index (χ1) is 33.2. The molecule has 13 aromatic rings. The van der Waals surface area contributed by atoms with Gasteiger partial charge in [0.2, 0.25) is 0 Å². The maximum Gasteiger partial charge on any atom is 0.160 e. The van der Waals surface area contributed by atoms with E-state index in [9.17, 15) is 0 Å². The first-order valence-electron chi connectivity index (χ1n) is 22.9. The second-order valence-corrected chi connectivity index (χ2v) is 17.3. The third-order valence-corrected chi connectivity index (χ3v) is 13.4. The summed E-state index contributed by atoms with van der Waals surface area (Å²) in [5, 5.41) is 7.12. The topological polar surface area (TPSA) is 21.3 Å². The van der Waals surface area contributed by atoms with E-state index in [1.165, 1.54) is 55.0 Å². The van der Waals surface area contributed by atoms with Crippen molar-refractivity contribution in [2.24, 2.45) is 0 Å². The van der Waals surface area contributed by atoms with Crippen LogP contribution in [0.15, 0.2) is 259 Å². The van der Waals surface area contributed by atoms with Gasteiger partial charge in [-0.05, 0) is 116 Å². The van der Waals surface area contributed by atoms with E-state index in [4.69, 9.17) is 4.42 Å². The Labute approximate surface area is 388 Å². The summed E-state index contributed by atoms with van der Waals surface area (Å²) in [5.74, 6) is 0. The van der Waals surface area contributed by atoms with Gasteiger partial charge in [0.1, 0.15) is 5.58 Å². The van der Waals surface area contributed by atoms with E-state index in [0.29, 0.717) is 0 Å². The van der Waals surface area contributed by atoms with Gasteiger partial charge in [-0.15, -0.1) is 0 Å². The fourth-order valence-corrected chi connectivity index (χ4v) is 10.1. The van der Waals surface area contributed by atoms with Crippen LogP contribution < -0.4 is 4.90 Å². The molecule has 0 amide bonds. The van der Waals surface area contributed by atoms with Crippen LogP contribution in [0.25, 0.3) is 105 Å². The predicted molar refractivity (Wildman–Crippen MR) is 282 cm³/mol. The van der Waals surface area contributed by atoms with E-state index in [2.05, 4.69) is 258 Å². The van der Waals surface area contributed by atoms with Crippen molar-refractivity contribution < 1.29 is 4.42 Å². The molecule has 0 spiro atoms. The zero-order valence-corrected chi connectivity index (χ0v) is 36.6. The van der Waals surface area contributed by atoms with Crippen molar-refractivity contribution in [1.29, 1.82) is 0 Å². The minimum atomic E-state index is 0.864. The molecular weight excluding hydrogens is 813 g/mol. The number of para-hydroxylation sites is 3. The standard InChI is InChI=1S/C64H42N2O/c1-2-12-43(13-3-1)44-22-24-45(25-23-44)48-30-36-52(37-31-48)65(61-42-51-14-4-5-15-55(51)63-58-18-8-11-21-62(58)67-64(61)63)53-38-32-49(33-39-53)46-26-28-47(29-27-46)50-34-40-54(41-35-50)66-59-19-9-6-16-56(59)57-17-7-10-20-60(57)66/h1-42H. The van der Waals surface area contributed by atoms with Crippen LogP contribution in [0.1, 0.15) is 0 Å². The minimum Gasteiger partial charge on any atom is -0.454 e. The highest BCUT2D eigenvalue weighted by atomic mass is 16.3. The van der Waals surface area contributed by atoms with Crippen LogP contribution in [0, 0.1) is 0 Å². The SMILES string of the molecule is c1ccc(-c2ccc(-c3ccc(N(c4ccc(-c5ccc(-c6ccc(-n7c8ccccc8c8ccccc87)cc6)cc5)cc4)c4cc5ccccc5c5c4oc4ccccc45)cc3)cc2)cc1. The zero-order valence-electron chi connectivity index (χ0n) is 36.6. The molecule has 0 aliphatic carbocycles. The Morgan fingerprint density at radius 2 is 0.701 bits per heavy atom. The van der Waals surface area contributed by atoms with E-state index < -0.39 is 0 Å². The Bertz CT molecular complexity index is 3870. The Balaban J connectivity index is 0.848. The summed E-state index contributed by atoms with van der Waals surface area (Å²) in [6.07, 6.45) is 0. The minimum absolute atomic E-state index is 0.864. The zero-order chi connectivity index (χ0) is 44.3. The molecule has 67 heavy (non-hydrogen) atoms. The highest BCUT2D eigenvalue weighted by Crippen LogP contribution is 2.46. The Morgan fingerprint density at radius 3 is 1.22 bits per heavy atom. The van der Waals surface area contributed by atoms with E-state index in [1.54, 1.807) is 0 Å². The van der Waals surface area contributed by atoms with Crippen molar-refractivity contribution in [3.63, 3.8) is 0 Å². The number of hydrogen-bond acceptors (Lipinski definition) is 2.